The lowest BCUT2D eigenvalue weighted by atomic mass is 9.90. The summed E-state index contributed by atoms with van der Waals surface area (Å²) in [6, 6.07) is 0.943. The lowest BCUT2D eigenvalue weighted by Crippen LogP contribution is -2.50. The first kappa shape index (κ1) is 8.01. The molecule has 12 heavy (non-hydrogen) atoms. The highest BCUT2D eigenvalue weighted by Crippen LogP contribution is 2.22. The van der Waals surface area contributed by atoms with E-state index in [1.54, 1.807) is 0 Å². The zero-order valence-corrected chi connectivity index (χ0v) is 7.08. The molecule has 2 atom stereocenters. The number of nitrogens with zero attached hydrogens (tertiary/aromatic N) is 1. The minimum atomic E-state index is 0.391. The Morgan fingerprint density at radius 3 is 3.08 bits per heavy atom. The van der Waals surface area contributed by atoms with Gasteiger partial charge in [-0.3, -0.25) is 15.7 Å². The van der Waals surface area contributed by atoms with Gasteiger partial charge in [-0.05, 0) is 12.8 Å². The van der Waals surface area contributed by atoms with Gasteiger partial charge in [0.05, 0.1) is 12.6 Å². The molecule has 1 fully saturated rings. The number of hydroxylamine groups is 1. The third-order valence-electron chi connectivity index (χ3n) is 2.71. The second kappa shape index (κ2) is 3.41. The van der Waals surface area contributed by atoms with Crippen molar-refractivity contribution in [2.24, 2.45) is 4.99 Å². The highest BCUT2D eigenvalue weighted by Gasteiger charge is 2.27. The van der Waals surface area contributed by atoms with E-state index in [1.165, 1.54) is 19.3 Å². The highest BCUT2D eigenvalue weighted by atomic mass is 16.5. The third-order valence-corrected chi connectivity index (χ3v) is 2.71. The number of hydrogen-bond donors (Lipinski definition) is 3. The largest absolute Gasteiger partial charge is 0.305 e. The molecule has 1 saturated carbocycles. The van der Waals surface area contributed by atoms with E-state index in [0.29, 0.717) is 24.5 Å². The molecular weight excluding hydrogens is 154 g/mol. The Morgan fingerprint density at radius 1 is 1.42 bits per heavy atom. The van der Waals surface area contributed by atoms with Crippen molar-refractivity contribution < 1.29 is 5.21 Å². The molecule has 4 nitrogen and oxygen atoms in total. The van der Waals surface area contributed by atoms with Gasteiger partial charge in [0.2, 0.25) is 0 Å². The van der Waals surface area contributed by atoms with Crippen LogP contribution in [-0.4, -0.2) is 29.7 Å². The Hall–Kier alpha value is -0.610. The monoisotopic (exact) mass is 169 g/mol. The quantitative estimate of drug-likeness (QED) is 0.456. The van der Waals surface area contributed by atoms with Crippen LogP contribution >= 0.6 is 0 Å². The topological polar surface area (TPSA) is 56.6 Å². The van der Waals surface area contributed by atoms with Crippen molar-refractivity contribution in [2.75, 3.05) is 6.54 Å². The van der Waals surface area contributed by atoms with Crippen LogP contribution in [0.3, 0.4) is 0 Å². The summed E-state index contributed by atoms with van der Waals surface area (Å²) in [6.45, 7) is 0.678. The third kappa shape index (κ3) is 1.44. The fraction of sp³-hybridized carbons (Fsp3) is 0.875. The van der Waals surface area contributed by atoms with Gasteiger partial charge in [0, 0.05) is 6.04 Å². The van der Waals surface area contributed by atoms with E-state index in [2.05, 4.69) is 15.8 Å². The van der Waals surface area contributed by atoms with Gasteiger partial charge in [-0.25, -0.2) is 0 Å². The lowest BCUT2D eigenvalue weighted by Gasteiger charge is -2.33. The number of rotatable bonds is 0. The van der Waals surface area contributed by atoms with Crippen LogP contribution in [0, 0.1) is 0 Å². The Balaban J connectivity index is 2.04. The molecule has 0 bridgehead atoms. The summed E-state index contributed by atoms with van der Waals surface area (Å²) in [6.07, 6.45) is 4.96. The maximum absolute atomic E-state index is 8.66. The van der Waals surface area contributed by atoms with Crippen LogP contribution < -0.4 is 10.8 Å². The van der Waals surface area contributed by atoms with E-state index in [0.717, 1.165) is 6.42 Å². The second-order valence-corrected chi connectivity index (χ2v) is 3.53. The molecule has 0 amide bonds. The summed E-state index contributed by atoms with van der Waals surface area (Å²) in [5, 5.41) is 12.0. The van der Waals surface area contributed by atoms with Crippen LogP contribution in [-0.2, 0) is 0 Å². The van der Waals surface area contributed by atoms with Crippen LogP contribution in [0.2, 0.25) is 0 Å². The first-order valence-electron chi connectivity index (χ1n) is 4.60. The van der Waals surface area contributed by atoms with Gasteiger partial charge in [-0.15, -0.1) is 0 Å². The van der Waals surface area contributed by atoms with Crippen LogP contribution in [0.25, 0.3) is 0 Å². The molecule has 1 heterocycles. The zero-order valence-electron chi connectivity index (χ0n) is 7.08. The molecular formula is C8H15N3O. The minimum absolute atomic E-state index is 0.391. The molecule has 4 heteroatoms. The number of fused-ring (bicyclic) bond motifs is 1. The molecule has 68 valence electrons. The SMILES string of the molecule is ONC1=NC2CCCCC2NC1. The number of hydrogen-bond acceptors (Lipinski definition) is 4. The number of amidine groups is 1. The van der Waals surface area contributed by atoms with Gasteiger partial charge in [-0.1, -0.05) is 12.8 Å². The molecule has 2 unspecified atom stereocenters. The van der Waals surface area contributed by atoms with Crippen LogP contribution in [0.5, 0.6) is 0 Å². The summed E-state index contributed by atoms with van der Waals surface area (Å²) in [7, 11) is 0. The van der Waals surface area contributed by atoms with Crippen molar-refractivity contribution in [1.82, 2.24) is 10.8 Å². The summed E-state index contributed by atoms with van der Waals surface area (Å²) in [5.74, 6) is 0.679. The molecule has 0 aromatic rings. The standard InChI is InChI=1S/C8H15N3O/c12-11-8-5-9-6-3-1-2-4-7(6)10-8/h6-7,9,12H,1-5H2,(H,10,11). The predicted molar refractivity (Wildman–Crippen MR) is 46.4 cm³/mol. The average molecular weight is 169 g/mol. The summed E-state index contributed by atoms with van der Waals surface area (Å²) in [5.41, 5.74) is 2.12. The first-order valence-corrected chi connectivity index (χ1v) is 4.60. The Morgan fingerprint density at radius 2 is 2.25 bits per heavy atom. The molecule has 0 aromatic heterocycles. The molecule has 2 aliphatic rings. The number of nitrogens with one attached hydrogen (secondary N) is 2. The molecule has 1 aliphatic heterocycles. The summed E-state index contributed by atoms with van der Waals surface area (Å²) >= 11 is 0. The van der Waals surface area contributed by atoms with E-state index in [4.69, 9.17) is 5.21 Å². The van der Waals surface area contributed by atoms with E-state index >= 15 is 0 Å². The van der Waals surface area contributed by atoms with Gasteiger partial charge in [0.25, 0.3) is 0 Å². The first-order chi connectivity index (χ1) is 5.90. The van der Waals surface area contributed by atoms with Crippen molar-refractivity contribution in [3.63, 3.8) is 0 Å². The van der Waals surface area contributed by atoms with Crippen molar-refractivity contribution in [1.29, 1.82) is 0 Å². The van der Waals surface area contributed by atoms with Crippen molar-refractivity contribution in [3.05, 3.63) is 0 Å². The molecule has 0 aromatic carbocycles. The molecule has 1 aliphatic carbocycles. The van der Waals surface area contributed by atoms with Crippen LogP contribution in [0.1, 0.15) is 25.7 Å². The van der Waals surface area contributed by atoms with Crippen molar-refractivity contribution in [3.8, 4) is 0 Å². The normalized spacial score (nSPS) is 35.2. The Bertz CT molecular complexity index is 193. The van der Waals surface area contributed by atoms with Gasteiger partial charge < -0.3 is 5.32 Å². The molecule has 0 radical (unpaired) electrons. The average Bonchev–Trinajstić information content (AvgIpc) is 2.17. The fourth-order valence-corrected chi connectivity index (χ4v) is 2.05. The maximum Gasteiger partial charge on any atom is 0.134 e. The fourth-order valence-electron chi connectivity index (χ4n) is 2.05. The highest BCUT2D eigenvalue weighted by molar-refractivity contribution is 5.83. The summed E-state index contributed by atoms with van der Waals surface area (Å²) in [4.78, 5) is 4.42. The summed E-state index contributed by atoms with van der Waals surface area (Å²) < 4.78 is 0. The van der Waals surface area contributed by atoms with Gasteiger partial charge in [0.15, 0.2) is 0 Å². The van der Waals surface area contributed by atoms with Crippen molar-refractivity contribution in [2.45, 2.75) is 37.8 Å². The number of aliphatic imine (C=N–C) groups is 1. The van der Waals surface area contributed by atoms with Crippen LogP contribution in [0.15, 0.2) is 4.99 Å². The van der Waals surface area contributed by atoms with Crippen molar-refractivity contribution >= 4 is 5.84 Å². The predicted octanol–water partition coefficient (Wildman–Crippen LogP) is 0.278. The smallest absolute Gasteiger partial charge is 0.134 e. The molecule has 0 saturated heterocycles. The lowest BCUT2D eigenvalue weighted by molar-refractivity contribution is 0.223. The van der Waals surface area contributed by atoms with Gasteiger partial charge in [0.1, 0.15) is 5.84 Å². The second-order valence-electron chi connectivity index (χ2n) is 3.53. The van der Waals surface area contributed by atoms with E-state index in [-0.39, 0.29) is 0 Å². The van der Waals surface area contributed by atoms with Gasteiger partial charge >= 0.3 is 0 Å². The Kier molecular flexibility index (Phi) is 2.28. The molecule has 3 N–H and O–H groups in total. The van der Waals surface area contributed by atoms with Gasteiger partial charge in [-0.2, -0.15) is 0 Å². The van der Waals surface area contributed by atoms with E-state index in [9.17, 15) is 0 Å². The zero-order chi connectivity index (χ0) is 8.39. The van der Waals surface area contributed by atoms with E-state index < -0.39 is 0 Å². The molecule has 2 rings (SSSR count). The maximum atomic E-state index is 8.66. The minimum Gasteiger partial charge on any atom is -0.305 e. The van der Waals surface area contributed by atoms with Crippen LogP contribution in [0.4, 0.5) is 0 Å². The Labute approximate surface area is 72.0 Å². The molecule has 0 spiro atoms. The van der Waals surface area contributed by atoms with E-state index in [1.807, 2.05) is 0 Å².